The lowest BCUT2D eigenvalue weighted by atomic mass is 10.2. The second-order valence-electron chi connectivity index (χ2n) is 6.97. The van der Waals surface area contributed by atoms with E-state index in [9.17, 15) is 18.0 Å². The minimum absolute atomic E-state index is 0.0268. The number of benzene rings is 1. The Labute approximate surface area is 152 Å². The fraction of sp³-hybridized carbons (Fsp3) is 0.316. The zero-order chi connectivity index (χ0) is 18.8. The molecule has 1 aliphatic heterocycles. The van der Waals surface area contributed by atoms with E-state index in [0.717, 1.165) is 41.1 Å². The SMILES string of the molecule is O=C(c1cnn2c(C(F)(F)F)cc(C3CC3)nc12)N1CCc2ccccc21. The van der Waals surface area contributed by atoms with Crippen molar-refractivity contribution in [3.8, 4) is 0 Å². The van der Waals surface area contributed by atoms with Gasteiger partial charge in [0.25, 0.3) is 5.91 Å². The quantitative estimate of drug-likeness (QED) is 0.687. The Morgan fingerprint density at radius 1 is 1.19 bits per heavy atom. The number of amides is 1. The predicted octanol–water partition coefficient (Wildman–Crippen LogP) is 3.83. The lowest BCUT2D eigenvalue weighted by Gasteiger charge is -2.17. The molecule has 0 spiro atoms. The van der Waals surface area contributed by atoms with Crippen LogP contribution in [0, 0.1) is 0 Å². The third-order valence-corrected chi connectivity index (χ3v) is 5.14. The second-order valence-corrected chi connectivity index (χ2v) is 6.97. The van der Waals surface area contributed by atoms with Gasteiger partial charge in [0.15, 0.2) is 5.65 Å². The molecule has 2 aromatic heterocycles. The van der Waals surface area contributed by atoms with Crippen LogP contribution in [-0.4, -0.2) is 27.0 Å². The third-order valence-electron chi connectivity index (χ3n) is 5.14. The fourth-order valence-corrected chi connectivity index (χ4v) is 3.62. The number of hydrogen-bond donors (Lipinski definition) is 0. The lowest BCUT2D eigenvalue weighted by molar-refractivity contribution is -0.142. The smallest absolute Gasteiger partial charge is 0.308 e. The van der Waals surface area contributed by atoms with Crippen LogP contribution in [0.5, 0.6) is 0 Å². The molecular formula is C19H15F3N4O. The summed E-state index contributed by atoms with van der Waals surface area (Å²) in [5.74, 6) is -0.343. The van der Waals surface area contributed by atoms with Crippen molar-refractivity contribution in [2.75, 3.05) is 11.4 Å². The van der Waals surface area contributed by atoms with Gasteiger partial charge in [0.2, 0.25) is 0 Å². The Morgan fingerprint density at radius 3 is 2.70 bits per heavy atom. The second kappa shape index (κ2) is 5.55. The van der Waals surface area contributed by atoms with Gasteiger partial charge in [0.05, 0.1) is 6.20 Å². The van der Waals surface area contributed by atoms with E-state index in [1.807, 2.05) is 24.3 Å². The van der Waals surface area contributed by atoms with Gasteiger partial charge in [-0.1, -0.05) is 18.2 Å². The molecule has 1 amide bonds. The summed E-state index contributed by atoms with van der Waals surface area (Å²) in [7, 11) is 0. The van der Waals surface area contributed by atoms with Crippen molar-refractivity contribution >= 4 is 17.2 Å². The molecular weight excluding hydrogens is 357 g/mol. The van der Waals surface area contributed by atoms with Crippen LogP contribution in [0.1, 0.15) is 46.1 Å². The molecule has 0 atom stereocenters. The summed E-state index contributed by atoms with van der Waals surface area (Å²) in [5.41, 5.74) is 1.39. The Morgan fingerprint density at radius 2 is 1.96 bits per heavy atom. The van der Waals surface area contributed by atoms with Crippen molar-refractivity contribution < 1.29 is 18.0 Å². The maximum Gasteiger partial charge on any atom is 0.433 e. The minimum atomic E-state index is -4.57. The summed E-state index contributed by atoms with van der Waals surface area (Å²) >= 11 is 0. The number of aromatic nitrogens is 3. The monoisotopic (exact) mass is 372 g/mol. The van der Waals surface area contributed by atoms with Crippen LogP contribution in [0.15, 0.2) is 36.5 Å². The van der Waals surface area contributed by atoms with Crippen LogP contribution in [-0.2, 0) is 12.6 Å². The van der Waals surface area contributed by atoms with E-state index >= 15 is 0 Å². The Hall–Kier alpha value is -2.90. The van der Waals surface area contributed by atoms with Crippen LogP contribution >= 0.6 is 0 Å². The Bertz CT molecular complexity index is 1070. The first kappa shape index (κ1) is 16.3. The molecule has 0 bridgehead atoms. The average molecular weight is 372 g/mol. The number of carbonyl (C=O) groups is 1. The first-order valence-corrected chi connectivity index (χ1v) is 8.79. The molecule has 27 heavy (non-hydrogen) atoms. The molecule has 0 unspecified atom stereocenters. The van der Waals surface area contributed by atoms with Gasteiger partial charge >= 0.3 is 6.18 Å². The van der Waals surface area contributed by atoms with E-state index in [1.54, 1.807) is 4.90 Å². The summed E-state index contributed by atoms with van der Waals surface area (Å²) in [6, 6.07) is 8.59. The van der Waals surface area contributed by atoms with Gasteiger partial charge in [0.1, 0.15) is 11.3 Å². The number of anilines is 1. The topological polar surface area (TPSA) is 50.5 Å². The van der Waals surface area contributed by atoms with Crippen molar-refractivity contribution in [1.82, 2.24) is 14.6 Å². The van der Waals surface area contributed by atoms with E-state index in [-0.39, 0.29) is 23.0 Å². The molecule has 5 rings (SSSR count). The highest BCUT2D eigenvalue weighted by molar-refractivity contribution is 6.10. The van der Waals surface area contributed by atoms with Gasteiger partial charge in [-0.05, 0) is 37.0 Å². The van der Waals surface area contributed by atoms with Crippen molar-refractivity contribution in [3.63, 3.8) is 0 Å². The predicted molar refractivity (Wildman–Crippen MR) is 91.8 cm³/mol. The van der Waals surface area contributed by atoms with Gasteiger partial charge in [-0.2, -0.15) is 18.3 Å². The maximum absolute atomic E-state index is 13.5. The van der Waals surface area contributed by atoms with Crippen molar-refractivity contribution in [1.29, 1.82) is 0 Å². The summed E-state index contributed by atoms with van der Waals surface area (Å²) in [5, 5.41) is 3.84. The summed E-state index contributed by atoms with van der Waals surface area (Å²) in [6.45, 7) is 0.490. The molecule has 8 heteroatoms. The van der Waals surface area contributed by atoms with Crippen LogP contribution < -0.4 is 4.90 Å². The molecule has 0 saturated heterocycles. The fourth-order valence-electron chi connectivity index (χ4n) is 3.62. The molecule has 2 aliphatic rings. The number of halogens is 3. The number of nitrogens with zero attached hydrogens (tertiary/aromatic N) is 4. The zero-order valence-corrected chi connectivity index (χ0v) is 14.2. The molecule has 3 aromatic rings. The Balaban J connectivity index is 1.64. The molecule has 138 valence electrons. The number of fused-ring (bicyclic) bond motifs is 2. The number of alkyl halides is 3. The van der Waals surface area contributed by atoms with Gasteiger partial charge < -0.3 is 4.90 Å². The molecule has 5 nitrogen and oxygen atoms in total. The van der Waals surface area contributed by atoms with Crippen molar-refractivity contribution in [2.24, 2.45) is 0 Å². The van der Waals surface area contributed by atoms with E-state index in [2.05, 4.69) is 10.1 Å². The third kappa shape index (κ3) is 2.58. The largest absolute Gasteiger partial charge is 0.433 e. The molecule has 1 aliphatic carbocycles. The molecule has 1 saturated carbocycles. The van der Waals surface area contributed by atoms with Crippen LogP contribution in [0.2, 0.25) is 0 Å². The number of hydrogen-bond acceptors (Lipinski definition) is 3. The first-order valence-electron chi connectivity index (χ1n) is 8.79. The van der Waals surface area contributed by atoms with Gasteiger partial charge in [-0.3, -0.25) is 4.79 Å². The molecule has 0 radical (unpaired) electrons. The molecule has 0 N–H and O–H groups in total. The van der Waals surface area contributed by atoms with Gasteiger partial charge in [-0.15, -0.1) is 0 Å². The molecule has 1 aromatic carbocycles. The van der Waals surface area contributed by atoms with Gasteiger partial charge in [-0.25, -0.2) is 9.50 Å². The van der Waals surface area contributed by atoms with Gasteiger partial charge in [0, 0.05) is 23.8 Å². The lowest BCUT2D eigenvalue weighted by Crippen LogP contribution is -2.29. The standard InChI is InChI=1S/C19H15F3N4O/c20-19(21,22)16-9-14(11-5-6-11)24-17-13(10-23-26(16)17)18(27)25-8-7-12-3-1-2-4-15(12)25/h1-4,9-11H,5-8H2. The molecule has 1 fully saturated rings. The van der Waals surface area contributed by atoms with E-state index < -0.39 is 11.9 Å². The highest BCUT2D eigenvalue weighted by atomic mass is 19.4. The molecule has 3 heterocycles. The normalized spacial score (nSPS) is 16.8. The van der Waals surface area contributed by atoms with Crippen molar-refractivity contribution in [3.05, 3.63) is 59.0 Å². The first-order chi connectivity index (χ1) is 12.9. The van der Waals surface area contributed by atoms with Crippen molar-refractivity contribution in [2.45, 2.75) is 31.4 Å². The van der Waals surface area contributed by atoms with Crippen LogP contribution in [0.3, 0.4) is 0 Å². The van der Waals surface area contributed by atoms with E-state index in [1.165, 1.54) is 6.20 Å². The van der Waals surface area contributed by atoms with Crippen LogP contribution in [0.25, 0.3) is 5.65 Å². The summed E-state index contributed by atoms with van der Waals surface area (Å²) < 4.78 is 41.3. The van der Waals surface area contributed by atoms with E-state index in [0.29, 0.717) is 12.2 Å². The van der Waals surface area contributed by atoms with E-state index in [4.69, 9.17) is 0 Å². The summed E-state index contributed by atoms with van der Waals surface area (Å²) in [6.07, 6.45) is -1.03. The van der Waals surface area contributed by atoms with Crippen LogP contribution in [0.4, 0.5) is 18.9 Å². The zero-order valence-electron chi connectivity index (χ0n) is 14.2. The average Bonchev–Trinajstić information content (AvgIpc) is 3.26. The highest BCUT2D eigenvalue weighted by Gasteiger charge is 2.38. The minimum Gasteiger partial charge on any atom is -0.308 e. The summed E-state index contributed by atoms with van der Waals surface area (Å²) in [4.78, 5) is 19.1. The maximum atomic E-state index is 13.5. The Kier molecular flexibility index (Phi) is 3.35. The number of carbonyl (C=O) groups excluding carboxylic acids is 1. The highest BCUT2D eigenvalue weighted by Crippen LogP contribution is 2.41. The number of para-hydroxylation sites is 1. The number of rotatable bonds is 2.